The predicted molar refractivity (Wildman–Crippen MR) is 129 cm³/mol. The van der Waals surface area contributed by atoms with Crippen molar-refractivity contribution in [2.24, 2.45) is 0 Å². The van der Waals surface area contributed by atoms with E-state index in [9.17, 15) is 9.59 Å². The Balaban J connectivity index is 2.03. The zero-order valence-corrected chi connectivity index (χ0v) is 19.9. The molecule has 0 fully saturated rings. The van der Waals surface area contributed by atoms with Crippen LogP contribution in [-0.2, 0) is 11.3 Å². The van der Waals surface area contributed by atoms with Gasteiger partial charge in [0, 0.05) is 27.4 Å². The summed E-state index contributed by atoms with van der Waals surface area (Å²) in [5.41, 5.74) is 2.03. The number of methoxy groups -OCH3 is 2. The number of esters is 1. The normalized spacial score (nSPS) is 10.5. The lowest BCUT2D eigenvalue weighted by Gasteiger charge is -2.24. The lowest BCUT2D eigenvalue weighted by molar-refractivity contribution is 0.0526. The van der Waals surface area contributed by atoms with Crippen LogP contribution in [0, 0.1) is 0 Å². The Kier molecular flexibility index (Phi) is 8.20. The minimum atomic E-state index is -0.430. The summed E-state index contributed by atoms with van der Waals surface area (Å²) in [6.07, 6.45) is 0. The van der Waals surface area contributed by atoms with Crippen molar-refractivity contribution in [1.82, 2.24) is 0 Å². The Morgan fingerprint density at radius 2 is 1.48 bits per heavy atom. The monoisotopic (exact) mass is 487 g/mol. The maximum atomic E-state index is 13.6. The van der Waals surface area contributed by atoms with Crippen molar-refractivity contribution >= 4 is 40.8 Å². The van der Waals surface area contributed by atoms with E-state index in [1.54, 1.807) is 72.5 Å². The van der Waals surface area contributed by atoms with Gasteiger partial charge >= 0.3 is 5.97 Å². The van der Waals surface area contributed by atoms with Crippen LogP contribution in [0.1, 0.15) is 33.2 Å². The van der Waals surface area contributed by atoms with Gasteiger partial charge in [-0.2, -0.15) is 0 Å². The van der Waals surface area contributed by atoms with Crippen LogP contribution in [0.2, 0.25) is 10.0 Å². The highest BCUT2D eigenvalue weighted by Crippen LogP contribution is 2.29. The van der Waals surface area contributed by atoms with E-state index in [4.69, 9.17) is 37.4 Å². The third-order valence-electron chi connectivity index (χ3n) is 4.88. The van der Waals surface area contributed by atoms with Gasteiger partial charge in [-0.3, -0.25) is 4.79 Å². The maximum absolute atomic E-state index is 13.6. The number of ether oxygens (including phenoxy) is 3. The van der Waals surface area contributed by atoms with Crippen LogP contribution in [-0.4, -0.2) is 32.7 Å². The van der Waals surface area contributed by atoms with Crippen LogP contribution in [0.5, 0.6) is 11.5 Å². The molecule has 0 atom stereocenters. The fourth-order valence-corrected chi connectivity index (χ4v) is 3.65. The van der Waals surface area contributed by atoms with Gasteiger partial charge in [-0.05, 0) is 61.0 Å². The molecule has 0 N–H and O–H groups in total. The van der Waals surface area contributed by atoms with Crippen LogP contribution < -0.4 is 14.4 Å². The topological polar surface area (TPSA) is 65.1 Å². The van der Waals surface area contributed by atoms with Gasteiger partial charge in [-0.1, -0.05) is 29.3 Å². The summed E-state index contributed by atoms with van der Waals surface area (Å²) < 4.78 is 15.7. The van der Waals surface area contributed by atoms with Crippen LogP contribution in [0.4, 0.5) is 5.69 Å². The number of carbonyl (C=O) groups excluding carboxylic acids is 2. The Morgan fingerprint density at radius 1 is 0.848 bits per heavy atom. The van der Waals surface area contributed by atoms with Crippen LogP contribution in [0.15, 0.2) is 60.7 Å². The van der Waals surface area contributed by atoms with E-state index in [0.29, 0.717) is 43.9 Å². The largest absolute Gasteiger partial charge is 0.497 e. The number of carbonyl (C=O) groups is 2. The standard InChI is InChI=1S/C25H23Cl2NO5/c1-4-33-25(30)16-6-9-20(10-7-16)28(15-17-5-8-19(26)13-23(17)27)24(29)18-11-21(31-2)14-22(12-18)32-3/h5-14H,4,15H2,1-3H3. The van der Waals surface area contributed by atoms with Crippen molar-refractivity contribution in [3.63, 3.8) is 0 Å². The molecule has 0 aliphatic heterocycles. The summed E-state index contributed by atoms with van der Waals surface area (Å²) in [5.74, 6) is 0.238. The summed E-state index contributed by atoms with van der Waals surface area (Å²) in [4.78, 5) is 27.2. The van der Waals surface area contributed by atoms with E-state index >= 15 is 0 Å². The quantitative estimate of drug-likeness (QED) is 0.362. The molecule has 6 nitrogen and oxygen atoms in total. The molecular formula is C25H23Cl2NO5. The Morgan fingerprint density at radius 3 is 2.03 bits per heavy atom. The highest BCUT2D eigenvalue weighted by molar-refractivity contribution is 6.35. The maximum Gasteiger partial charge on any atom is 0.338 e. The number of nitrogens with zero attached hydrogens (tertiary/aromatic N) is 1. The van der Waals surface area contributed by atoms with Gasteiger partial charge in [-0.15, -0.1) is 0 Å². The minimum absolute atomic E-state index is 0.174. The molecule has 0 spiro atoms. The molecular weight excluding hydrogens is 465 g/mol. The second kappa shape index (κ2) is 11.1. The summed E-state index contributed by atoms with van der Waals surface area (Å²) in [7, 11) is 3.03. The molecule has 0 saturated heterocycles. The Hall–Kier alpha value is -3.22. The molecule has 0 radical (unpaired) electrons. The smallest absolute Gasteiger partial charge is 0.338 e. The fourth-order valence-electron chi connectivity index (χ4n) is 3.18. The molecule has 0 saturated carbocycles. The molecule has 3 aromatic rings. The molecule has 1 amide bonds. The van der Waals surface area contributed by atoms with Crippen molar-refractivity contribution in [2.45, 2.75) is 13.5 Å². The molecule has 8 heteroatoms. The highest BCUT2D eigenvalue weighted by atomic mass is 35.5. The first kappa shape index (κ1) is 24.4. The van der Waals surface area contributed by atoms with Gasteiger partial charge in [0.15, 0.2) is 0 Å². The van der Waals surface area contributed by atoms with Gasteiger partial charge < -0.3 is 19.1 Å². The molecule has 0 unspecified atom stereocenters. The van der Waals surface area contributed by atoms with Crippen molar-refractivity contribution < 1.29 is 23.8 Å². The van der Waals surface area contributed by atoms with E-state index in [0.717, 1.165) is 0 Å². The number of benzene rings is 3. The molecule has 0 aromatic heterocycles. The summed E-state index contributed by atoms with van der Waals surface area (Å²) in [6.45, 7) is 2.19. The average Bonchev–Trinajstić information content (AvgIpc) is 2.83. The van der Waals surface area contributed by atoms with Gasteiger partial charge in [0.25, 0.3) is 5.91 Å². The fraction of sp³-hybridized carbons (Fsp3) is 0.200. The molecule has 0 bridgehead atoms. The van der Waals surface area contributed by atoms with Crippen LogP contribution in [0.3, 0.4) is 0 Å². The van der Waals surface area contributed by atoms with E-state index in [2.05, 4.69) is 0 Å². The summed E-state index contributed by atoms with van der Waals surface area (Å²) in [5, 5.41) is 0.935. The summed E-state index contributed by atoms with van der Waals surface area (Å²) in [6, 6.07) is 16.7. The van der Waals surface area contributed by atoms with Gasteiger partial charge in [0.1, 0.15) is 11.5 Å². The number of hydrogen-bond donors (Lipinski definition) is 0. The number of halogens is 2. The number of amides is 1. The van der Waals surface area contributed by atoms with Crippen LogP contribution >= 0.6 is 23.2 Å². The first-order chi connectivity index (χ1) is 15.9. The average molecular weight is 488 g/mol. The molecule has 0 aliphatic carbocycles. The van der Waals surface area contributed by atoms with E-state index in [1.165, 1.54) is 14.2 Å². The number of anilines is 1. The predicted octanol–water partition coefficient (Wildman–Crippen LogP) is 6.03. The first-order valence-electron chi connectivity index (χ1n) is 10.1. The lowest BCUT2D eigenvalue weighted by atomic mass is 10.1. The Labute approximate surface area is 202 Å². The first-order valence-corrected chi connectivity index (χ1v) is 10.9. The molecule has 3 rings (SSSR count). The van der Waals surface area contributed by atoms with Crippen molar-refractivity contribution in [1.29, 1.82) is 0 Å². The third kappa shape index (κ3) is 5.97. The molecule has 172 valence electrons. The van der Waals surface area contributed by atoms with Gasteiger partial charge in [0.2, 0.25) is 0 Å². The zero-order valence-electron chi connectivity index (χ0n) is 18.4. The van der Waals surface area contributed by atoms with E-state index < -0.39 is 5.97 Å². The number of rotatable bonds is 8. The van der Waals surface area contributed by atoms with E-state index in [1.807, 2.05) is 0 Å². The zero-order chi connectivity index (χ0) is 24.0. The van der Waals surface area contributed by atoms with Gasteiger partial charge in [-0.25, -0.2) is 4.79 Å². The van der Waals surface area contributed by atoms with Crippen molar-refractivity contribution in [3.05, 3.63) is 87.4 Å². The highest BCUT2D eigenvalue weighted by Gasteiger charge is 2.22. The second-order valence-corrected chi connectivity index (χ2v) is 7.84. The second-order valence-electron chi connectivity index (χ2n) is 7.00. The minimum Gasteiger partial charge on any atom is -0.497 e. The summed E-state index contributed by atoms with van der Waals surface area (Å²) >= 11 is 12.4. The molecule has 0 heterocycles. The van der Waals surface area contributed by atoms with Gasteiger partial charge in [0.05, 0.1) is 32.9 Å². The third-order valence-corrected chi connectivity index (χ3v) is 5.46. The molecule has 33 heavy (non-hydrogen) atoms. The molecule has 3 aromatic carbocycles. The number of hydrogen-bond acceptors (Lipinski definition) is 5. The van der Waals surface area contributed by atoms with Crippen molar-refractivity contribution in [3.8, 4) is 11.5 Å². The van der Waals surface area contributed by atoms with Crippen LogP contribution in [0.25, 0.3) is 0 Å². The SMILES string of the molecule is CCOC(=O)c1ccc(N(Cc2ccc(Cl)cc2Cl)C(=O)c2cc(OC)cc(OC)c2)cc1. The molecule has 0 aliphatic rings. The van der Waals surface area contributed by atoms with Crippen molar-refractivity contribution in [2.75, 3.05) is 25.7 Å². The van der Waals surface area contributed by atoms with E-state index in [-0.39, 0.29) is 19.1 Å². The Bertz CT molecular complexity index is 1130. The lowest BCUT2D eigenvalue weighted by Crippen LogP contribution is -2.30.